The number of nitrogens with one attached hydrogen (secondary N) is 1. The van der Waals surface area contributed by atoms with Crippen LogP contribution in [0.1, 0.15) is 32.1 Å². The quantitative estimate of drug-likeness (QED) is 0.907. The number of hydrogen-bond acceptors (Lipinski definition) is 2. The topological polar surface area (TPSA) is 32.3 Å². The normalized spacial score (nSPS) is 16.4. The first kappa shape index (κ1) is 15.5. The van der Waals surface area contributed by atoms with Crippen LogP contribution < -0.4 is 5.32 Å². The van der Waals surface area contributed by atoms with Crippen molar-refractivity contribution in [1.82, 2.24) is 4.90 Å². The summed E-state index contributed by atoms with van der Waals surface area (Å²) in [5, 5.41) is 4.24. The van der Waals surface area contributed by atoms with E-state index in [0.717, 1.165) is 31.6 Å². The molecule has 20 heavy (non-hydrogen) atoms. The smallest absolute Gasteiger partial charge is 0.241 e. The van der Waals surface area contributed by atoms with Gasteiger partial charge in [-0.05, 0) is 31.0 Å². The zero-order valence-electron chi connectivity index (χ0n) is 11.5. The molecule has 1 aromatic rings. The first-order chi connectivity index (χ1) is 9.65. The molecule has 3 nitrogen and oxygen atoms in total. The average molecular weight is 315 g/mol. The molecule has 0 radical (unpaired) electrons. The van der Waals surface area contributed by atoms with E-state index in [2.05, 4.69) is 5.32 Å². The lowest BCUT2D eigenvalue weighted by Gasteiger charge is -2.25. The number of amides is 1. The monoisotopic (exact) mass is 314 g/mol. The van der Waals surface area contributed by atoms with Gasteiger partial charge in [0.25, 0.3) is 0 Å². The second kappa shape index (κ2) is 7.75. The van der Waals surface area contributed by atoms with Gasteiger partial charge in [-0.25, -0.2) is 0 Å². The van der Waals surface area contributed by atoms with Crippen molar-refractivity contribution in [3.05, 3.63) is 28.2 Å². The van der Waals surface area contributed by atoms with Crippen molar-refractivity contribution >= 4 is 34.8 Å². The molecule has 0 atom stereocenters. The van der Waals surface area contributed by atoms with E-state index in [1.54, 1.807) is 18.2 Å². The van der Waals surface area contributed by atoms with Crippen LogP contribution in [-0.2, 0) is 4.79 Å². The molecule has 0 aromatic heterocycles. The third kappa shape index (κ3) is 4.88. The predicted octanol–water partition coefficient (Wildman–Crippen LogP) is 4.20. The van der Waals surface area contributed by atoms with E-state index >= 15 is 0 Å². The number of anilines is 1. The van der Waals surface area contributed by atoms with E-state index in [9.17, 15) is 4.79 Å². The minimum atomic E-state index is 0.142. The van der Waals surface area contributed by atoms with Crippen LogP contribution in [0.3, 0.4) is 0 Å². The van der Waals surface area contributed by atoms with Crippen molar-refractivity contribution < 1.29 is 4.79 Å². The second-order valence-electron chi connectivity index (χ2n) is 5.16. The maximum Gasteiger partial charge on any atom is 0.241 e. The zero-order chi connectivity index (χ0) is 14.4. The lowest BCUT2D eigenvalue weighted by molar-refractivity contribution is -0.129. The molecule has 2 rings (SSSR count). The molecule has 1 fully saturated rings. The molecule has 1 aliphatic heterocycles. The van der Waals surface area contributed by atoms with Crippen molar-refractivity contribution in [2.75, 3.05) is 25.0 Å². The van der Waals surface area contributed by atoms with Crippen molar-refractivity contribution in [3.63, 3.8) is 0 Å². The summed E-state index contributed by atoms with van der Waals surface area (Å²) in [5.74, 6) is 0.142. The van der Waals surface area contributed by atoms with Gasteiger partial charge in [0.15, 0.2) is 0 Å². The number of nitrogens with zero attached hydrogens (tertiary/aromatic N) is 1. The van der Waals surface area contributed by atoms with Crippen LogP contribution in [0.4, 0.5) is 5.69 Å². The van der Waals surface area contributed by atoms with Crippen LogP contribution >= 0.6 is 23.2 Å². The summed E-state index contributed by atoms with van der Waals surface area (Å²) in [4.78, 5) is 14.2. The molecule has 0 unspecified atom stereocenters. The first-order valence-corrected chi connectivity index (χ1v) is 7.88. The lowest BCUT2D eigenvalue weighted by atomic mass is 10.1. The molecule has 1 N–H and O–H groups in total. The Hall–Kier alpha value is -0.930. The van der Waals surface area contributed by atoms with Crippen molar-refractivity contribution in [3.8, 4) is 0 Å². The standard InChI is InChI=1S/C15H20Cl2N2O/c16-12-8-13(17)10-14(9-12)18-11-15(20)19-6-4-2-1-3-5-7-19/h8-10,18H,1-7,11H2. The Morgan fingerprint density at radius 1 is 1.00 bits per heavy atom. The van der Waals surface area contributed by atoms with Gasteiger partial charge in [0.1, 0.15) is 0 Å². The molecular formula is C15H20Cl2N2O. The summed E-state index contributed by atoms with van der Waals surface area (Å²) in [5.41, 5.74) is 0.780. The molecule has 1 aromatic carbocycles. The Morgan fingerprint density at radius 2 is 1.55 bits per heavy atom. The van der Waals surface area contributed by atoms with E-state index in [-0.39, 0.29) is 12.5 Å². The summed E-state index contributed by atoms with van der Waals surface area (Å²) in [6.07, 6.45) is 5.95. The fourth-order valence-electron chi connectivity index (χ4n) is 2.44. The molecule has 0 saturated carbocycles. The van der Waals surface area contributed by atoms with Gasteiger partial charge in [-0.15, -0.1) is 0 Å². The Labute approximate surface area is 130 Å². The van der Waals surface area contributed by atoms with Crippen LogP contribution in [0.5, 0.6) is 0 Å². The van der Waals surface area contributed by atoms with Crippen molar-refractivity contribution in [2.24, 2.45) is 0 Å². The average Bonchev–Trinajstić information content (AvgIpc) is 2.34. The van der Waals surface area contributed by atoms with Gasteiger partial charge < -0.3 is 10.2 Å². The molecule has 1 amide bonds. The second-order valence-corrected chi connectivity index (χ2v) is 6.03. The van der Waals surface area contributed by atoms with Gasteiger partial charge in [0.2, 0.25) is 5.91 Å². The van der Waals surface area contributed by atoms with Crippen LogP contribution in [0.2, 0.25) is 10.0 Å². The minimum Gasteiger partial charge on any atom is -0.376 e. The maximum atomic E-state index is 12.2. The number of carbonyl (C=O) groups excluding carboxylic acids is 1. The molecule has 1 saturated heterocycles. The van der Waals surface area contributed by atoms with Crippen molar-refractivity contribution in [2.45, 2.75) is 32.1 Å². The Bertz CT molecular complexity index is 437. The molecule has 5 heteroatoms. The van der Waals surface area contributed by atoms with Crippen LogP contribution in [0.15, 0.2) is 18.2 Å². The highest BCUT2D eigenvalue weighted by atomic mass is 35.5. The molecule has 110 valence electrons. The molecule has 1 heterocycles. The van der Waals surface area contributed by atoms with E-state index in [4.69, 9.17) is 23.2 Å². The van der Waals surface area contributed by atoms with E-state index in [1.807, 2.05) is 4.90 Å². The van der Waals surface area contributed by atoms with Gasteiger partial charge >= 0.3 is 0 Å². The van der Waals surface area contributed by atoms with Crippen LogP contribution in [0, 0.1) is 0 Å². The third-order valence-electron chi connectivity index (χ3n) is 3.52. The molecular weight excluding hydrogens is 295 g/mol. The summed E-state index contributed by atoms with van der Waals surface area (Å²) in [6.45, 7) is 2.03. The van der Waals surface area contributed by atoms with Gasteiger partial charge in [-0.2, -0.15) is 0 Å². The van der Waals surface area contributed by atoms with Gasteiger partial charge in [-0.3, -0.25) is 4.79 Å². The van der Waals surface area contributed by atoms with Crippen LogP contribution in [0.25, 0.3) is 0 Å². The summed E-state index contributed by atoms with van der Waals surface area (Å²) in [7, 11) is 0. The number of halogens is 2. The Morgan fingerprint density at radius 3 is 2.15 bits per heavy atom. The fourth-order valence-corrected chi connectivity index (χ4v) is 2.97. The Kier molecular flexibility index (Phi) is 5.99. The lowest BCUT2D eigenvalue weighted by Crippen LogP contribution is -2.37. The minimum absolute atomic E-state index is 0.142. The number of likely N-dealkylation sites (tertiary alicyclic amines) is 1. The highest BCUT2D eigenvalue weighted by molar-refractivity contribution is 6.35. The number of rotatable bonds is 3. The summed E-state index contributed by atoms with van der Waals surface area (Å²) < 4.78 is 0. The number of benzene rings is 1. The van der Waals surface area contributed by atoms with Gasteiger partial charge in [0, 0.05) is 28.8 Å². The number of hydrogen-bond donors (Lipinski definition) is 1. The van der Waals surface area contributed by atoms with E-state index in [0.29, 0.717) is 10.0 Å². The van der Waals surface area contributed by atoms with Crippen molar-refractivity contribution in [1.29, 1.82) is 0 Å². The van der Waals surface area contributed by atoms with E-state index in [1.165, 1.54) is 19.3 Å². The first-order valence-electron chi connectivity index (χ1n) is 7.13. The largest absolute Gasteiger partial charge is 0.376 e. The highest BCUT2D eigenvalue weighted by Gasteiger charge is 2.14. The molecule has 0 spiro atoms. The van der Waals surface area contributed by atoms with Gasteiger partial charge in [0.05, 0.1) is 6.54 Å². The molecule has 0 aliphatic carbocycles. The Balaban J connectivity index is 1.87. The number of carbonyl (C=O) groups is 1. The summed E-state index contributed by atoms with van der Waals surface area (Å²) in [6, 6.07) is 5.22. The van der Waals surface area contributed by atoms with Gasteiger partial charge in [-0.1, -0.05) is 42.5 Å². The zero-order valence-corrected chi connectivity index (χ0v) is 13.0. The molecule has 0 bridgehead atoms. The SMILES string of the molecule is O=C(CNc1cc(Cl)cc(Cl)c1)N1CCCCCCC1. The fraction of sp³-hybridized carbons (Fsp3) is 0.533. The molecule has 1 aliphatic rings. The maximum absolute atomic E-state index is 12.2. The highest BCUT2D eigenvalue weighted by Crippen LogP contribution is 2.22. The van der Waals surface area contributed by atoms with Crippen LogP contribution in [-0.4, -0.2) is 30.4 Å². The third-order valence-corrected chi connectivity index (χ3v) is 3.95. The van der Waals surface area contributed by atoms with E-state index < -0.39 is 0 Å². The summed E-state index contributed by atoms with van der Waals surface area (Å²) >= 11 is 11.9. The predicted molar refractivity (Wildman–Crippen MR) is 84.6 cm³/mol.